The number of amides is 3. The van der Waals surface area contributed by atoms with E-state index in [0.717, 1.165) is 38.0 Å². The fraction of sp³-hybridized carbons (Fsp3) is 0.267. The third-order valence-corrected chi connectivity index (χ3v) is 8.38. The van der Waals surface area contributed by atoms with Crippen molar-refractivity contribution in [2.24, 2.45) is 7.05 Å². The van der Waals surface area contributed by atoms with Gasteiger partial charge >= 0.3 is 6.18 Å². The van der Waals surface area contributed by atoms with Crippen molar-refractivity contribution < 1.29 is 27.6 Å². The van der Waals surface area contributed by atoms with E-state index in [4.69, 9.17) is 0 Å². The third-order valence-electron chi connectivity index (χ3n) is 6.61. The minimum absolute atomic E-state index is 0.0642. The number of hydrogen-bond donors (Lipinski definition) is 1. The second kappa shape index (κ2) is 13.5. The number of imide groups is 1. The molecular weight excluding hydrogens is 633 g/mol. The van der Waals surface area contributed by atoms with Crippen LogP contribution in [0.2, 0.25) is 0 Å². The van der Waals surface area contributed by atoms with Gasteiger partial charge in [-0.2, -0.15) is 18.3 Å². The van der Waals surface area contributed by atoms with Gasteiger partial charge in [0.05, 0.1) is 32.8 Å². The van der Waals surface area contributed by atoms with Crippen LogP contribution in [0, 0.1) is 0 Å². The number of nitrogens with zero attached hydrogens (tertiary/aromatic N) is 3. The lowest BCUT2D eigenvalue weighted by molar-refractivity contribution is -0.138. The third kappa shape index (κ3) is 7.16. The van der Waals surface area contributed by atoms with Gasteiger partial charge in [0.15, 0.2) is 0 Å². The highest BCUT2D eigenvalue weighted by Crippen LogP contribution is 2.37. The summed E-state index contributed by atoms with van der Waals surface area (Å²) in [4.78, 5) is 40.8. The fourth-order valence-electron chi connectivity index (χ4n) is 4.68. The molecule has 0 aliphatic rings. The van der Waals surface area contributed by atoms with Crippen LogP contribution in [0.4, 0.5) is 13.2 Å². The van der Waals surface area contributed by atoms with Crippen LogP contribution in [-0.4, -0.2) is 45.5 Å². The molecular formula is C30H28BrF3N4O3S. The summed E-state index contributed by atoms with van der Waals surface area (Å²) < 4.78 is 43.9. The topological polar surface area (TPSA) is 84.3 Å². The summed E-state index contributed by atoms with van der Waals surface area (Å²) in [5, 5.41) is 7.07. The molecule has 220 valence electrons. The molecule has 0 spiro atoms. The van der Waals surface area contributed by atoms with E-state index in [-0.39, 0.29) is 24.1 Å². The molecule has 2 aromatic carbocycles. The first kappa shape index (κ1) is 31.2. The molecule has 7 nitrogen and oxygen atoms in total. The number of hydrogen-bond acceptors (Lipinski definition) is 5. The highest BCUT2D eigenvalue weighted by Gasteiger charge is 2.34. The van der Waals surface area contributed by atoms with Crippen molar-refractivity contribution in [2.45, 2.75) is 38.4 Å². The number of rotatable bonds is 11. The maximum atomic E-state index is 13.8. The first-order valence-electron chi connectivity index (χ1n) is 13.1. The fourth-order valence-corrected chi connectivity index (χ4v) is 6.41. The van der Waals surface area contributed by atoms with E-state index in [0.29, 0.717) is 17.7 Å². The molecule has 0 fully saturated rings. The molecule has 4 rings (SSSR count). The molecule has 1 N–H and O–H groups in total. The van der Waals surface area contributed by atoms with Crippen LogP contribution in [0.25, 0.3) is 11.3 Å². The Morgan fingerprint density at radius 3 is 2.45 bits per heavy atom. The summed E-state index contributed by atoms with van der Waals surface area (Å²) in [5.74, 6) is -1.15. The zero-order chi connectivity index (χ0) is 30.4. The number of alkyl halides is 3. The largest absolute Gasteiger partial charge is 0.416 e. The molecule has 1 atom stereocenters. The van der Waals surface area contributed by atoms with Crippen molar-refractivity contribution in [2.75, 3.05) is 6.54 Å². The number of thiophene rings is 1. The zero-order valence-corrected chi connectivity index (χ0v) is 25.2. The molecule has 0 aliphatic heterocycles. The van der Waals surface area contributed by atoms with Crippen molar-refractivity contribution in [3.63, 3.8) is 0 Å². The van der Waals surface area contributed by atoms with Gasteiger partial charge in [-0.3, -0.25) is 24.0 Å². The van der Waals surface area contributed by atoms with E-state index in [2.05, 4.69) is 26.3 Å². The molecule has 4 aromatic rings. The minimum atomic E-state index is -4.62. The number of aryl methyl sites for hydroxylation is 2. The van der Waals surface area contributed by atoms with Crippen LogP contribution in [0.5, 0.6) is 0 Å². The molecule has 3 amide bonds. The highest BCUT2D eigenvalue weighted by atomic mass is 79.9. The quantitative estimate of drug-likeness (QED) is 0.186. The van der Waals surface area contributed by atoms with Gasteiger partial charge in [-0.1, -0.05) is 49.7 Å². The second-order valence-corrected chi connectivity index (χ2v) is 11.6. The molecule has 0 unspecified atom stereocenters. The summed E-state index contributed by atoms with van der Waals surface area (Å²) in [5.41, 5.74) is 0.947. The van der Waals surface area contributed by atoms with Gasteiger partial charge < -0.3 is 5.32 Å². The van der Waals surface area contributed by atoms with Gasteiger partial charge in [0.1, 0.15) is 0 Å². The van der Waals surface area contributed by atoms with Crippen molar-refractivity contribution in [1.29, 1.82) is 0 Å². The number of halogens is 4. The Morgan fingerprint density at radius 1 is 1.14 bits per heavy atom. The maximum absolute atomic E-state index is 13.8. The lowest BCUT2D eigenvalue weighted by atomic mass is 9.99. The SMILES string of the molecule is CCCc1sc(C(=O)N[C@@H](Cc2ccccc2C(F)(F)F)CN(C=O)C(=O)c2ccccc2)cc1-c1c(Br)cnn1C. The predicted molar refractivity (Wildman–Crippen MR) is 158 cm³/mol. The summed E-state index contributed by atoms with van der Waals surface area (Å²) in [6.07, 6.45) is -1.36. The summed E-state index contributed by atoms with van der Waals surface area (Å²) in [6, 6.07) is 13.8. The van der Waals surface area contributed by atoms with E-state index in [9.17, 15) is 27.6 Å². The van der Waals surface area contributed by atoms with Gasteiger partial charge in [0.2, 0.25) is 6.41 Å². The van der Waals surface area contributed by atoms with E-state index < -0.39 is 29.6 Å². The zero-order valence-electron chi connectivity index (χ0n) is 22.8. The molecule has 0 saturated heterocycles. The summed E-state index contributed by atoms with van der Waals surface area (Å²) in [6.45, 7) is 1.69. The van der Waals surface area contributed by atoms with E-state index in [1.807, 2.05) is 6.92 Å². The maximum Gasteiger partial charge on any atom is 0.416 e. The molecule has 2 aromatic heterocycles. The lowest BCUT2D eigenvalue weighted by Crippen LogP contribution is -2.46. The summed E-state index contributed by atoms with van der Waals surface area (Å²) in [7, 11) is 1.79. The van der Waals surface area contributed by atoms with Crippen LogP contribution >= 0.6 is 27.3 Å². The number of nitrogens with one attached hydrogen (secondary N) is 1. The Labute approximate surface area is 253 Å². The van der Waals surface area contributed by atoms with Crippen LogP contribution in [0.1, 0.15) is 49.4 Å². The Kier molecular flexibility index (Phi) is 10.00. The van der Waals surface area contributed by atoms with E-state index >= 15 is 0 Å². The highest BCUT2D eigenvalue weighted by molar-refractivity contribution is 9.10. The average Bonchev–Trinajstić information content (AvgIpc) is 3.53. The van der Waals surface area contributed by atoms with Crippen LogP contribution in [0.15, 0.2) is 71.3 Å². The molecule has 0 radical (unpaired) electrons. The first-order valence-corrected chi connectivity index (χ1v) is 14.7. The average molecular weight is 662 g/mol. The molecule has 2 heterocycles. The van der Waals surface area contributed by atoms with Crippen LogP contribution < -0.4 is 5.32 Å². The smallest absolute Gasteiger partial charge is 0.346 e. The Bertz CT molecular complexity index is 1550. The number of aromatic nitrogens is 2. The van der Waals surface area contributed by atoms with Crippen molar-refractivity contribution in [3.05, 3.63) is 97.8 Å². The van der Waals surface area contributed by atoms with Gasteiger partial charge in [-0.15, -0.1) is 11.3 Å². The molecule has 0 bridgehead atoms. The lowest BCUT2D eigenvalue weighted by Gasteiger charge is -2.25. The second-order valence-electron chi connectivity index (χ2n) is 9.62. The predicted octanol–water partition coefficient (Wildman–Crippen LogP) is 6.52. The molecule has 12 heteroatoms. The Morgan fingerprint density at radius 2 is 1.83 bits per heavy atom. The molecule has 0 aliphatic carbocycles. The van der Waals surface area contributed by atoms with E-state index in [1.165, 1.54) is 41.7 Å². The van der Waals surface area contributed by atoms with Gasteiger partial charge in [-0.05, 0) is 58.6 Å². The number of benzene rings is 2. The summed E-state index contributed by atoms with van der Waals surface area (Å²) >= 11 is 4.80. The normalized spacial score (nSPS) is 12.1. The Hall–Kier alpha value is -3.77. The van der Waals surface area contributed by atoms with Crippen molar-refractivity contribution in [3.8, 4) is 11.3 Å². The van der Waals surface area contributed by atoms with Crippen molar-refractivity contribution in [1.82, 2.24) is 20.0 Å². The number of carbonyl (C=O) groups excluding carboxylic acids is 3. The Balaban J connectivity index is 1.68. The number of carbonyl (C=O) groups is 3. The van der Waals surface area contributed by atoms with Gasteiger partial charge in [0.25, 0.3) is 11.8 Å². The molecule has 42 heavy (non-hydrogen) atoms. The first-order chi connectivity index (χ1) is 20.0. The van der Waals surface area contributed by atoms with Gasteiger partial charge in [-0.25, -0.2) is 0 Å². The monoisotopic (exact) mass is 660 g/mol. The van der Waals surface area contributed by atoms with Crippen LogP contribution in [0.3, 0.4) is 0 Å². The van der Waals surface area contributed by atoms with Crippen molar-refractivity contribution >= 4 is 45.5 Å². The van der Waals surface area contributed by atoms with Crippen LogP contribution in [-0.2, 0) is 30.9 Å². The minimum Gasteiger partial charge on any atom is -0.346 e. The molecule has 0 saturated carbocycles. The van der Waals surface area contributed by atoms with Gasteiger partial charge in [0, 0.05) is 29.6 Å². The standard InChI is InChI=1S/C30H28BrF3N4O3S/c1-3-9-25-22(27-24(31)16-35-37(27)2)15-26(42-25)28(40)36-21(14-20-12-7-8-13-23(20)30(32,33)34)17-38(18-39)29(41)19-10-5-4-6-11-19/h4-8,10-13,15-16,18,21H,3,9,14,17H2,1-2H3,(H,36,40)/t21-/m0/s1. The van der Waals surface area contributed by atoms with E-state index in [1.54, 1.807) is 42.2 Å².